The maximum absolute atomic E-state index is 12.3. The van der Waals surface area contributed by atoms with E-state index in [4.69, 9.17) is 9.47 Å². The van der Waals surface area contributed by atoms with Crippen LogP contribution >= 0.6 is 15.9 Å². The Bertz CT molecular complexity index is 960. The molecule has 3 aromatic rings. The average molecular weight is 468 g/mol. The molecular formula is C25H26BrNO3. The van der Waals surface area contributed by atoms with Crippen LogP contribution in [0, 0.1) is 0 Å². The lowest BCUT2D eigenvalue weighted by atomic mass is 10.1. The molecule has 3 rings (SSSR count). The Morgan fingerprint density at radius 1 is 0.933 bits per heavy atom. The van der Waals surface area contributed by atoms with Crippen molar-refractivity contribution in [3.63, 3.8) is 0 Å². The number of hydrogen-bond donors (Lipinski definition) is 1. The van der Waals surface area contributed by atoms with Crippen LogP contribution in [0.15, 0.2) is 77.3 Å². The number of carbonyl (C=O) groups is 1. The van der Waals surface area contributed by atoms with Gasteiger partial charge in [0.2, 0.25) is 0 Å². The van der Waals surface area contributed by atoms with Gasteiger partial charge in [0, 0.05) is 11.8 Å². The third kappa shape index (κ3) is 6.92. The lowest BCUT2D eigenvalue weighted by Gasteiger charge is -2.11. The third-order valence-corrected chi connectivity index (χ3v) is 5.22. The molecular weight excluding hydrogens is 442 g/mol. The number of carbonyl (C=O) groups excluding carboxylic acids is 1. The minimum atomic E-state index is -0.220. The SMILES string of the molecule is CCc1ccc(OCC(=O)Nc2cccc(OCCCc3ccccc3)c2)c(Br)c1. The summed E-state index contributed by atoms with van der Waals surface area (Å²) in [4.78, 5) is 12.3. The number of benzene rings is 3. The molecule has 30 heavy (non-hydrogen) atoms. The van der Waals surface area contributed by atoms with E-state index in [0.29, 0.717) is 18.0 Å². The van der Waals surface area contributed by atoms with Crippen molar-refractivity contribution in [2.75, 3.05) is 18.5 Å². The number of hydrogen-bond acceptors (Lipinski definition) is 3. The largest absolute Gasteiger partial charge is 0.494 e. The number of ether oxygens (including phenoxy) is 2. The van der Waals surface area contributed by atoms with Gasteiger partial charge in [0.15, 0.2) is 6.61 Å². The van der Waals surface area contributed by atoms with Crippen molar-refractivity contribution >= 4 is 27.5 Å². The standard InChI is InChI=1S/C25H26BrNO3/c1-2-19-13-14-24(23(26)16-19)30-18-25(28)27-21-11-6-12-22(17-21)29-15-7-10-20-8-4-3-5-9-20/h3-6,8-9,11-14,16-17H,2,7,10,15,18H2,1H3,(H,27,28). The molecule has 0 aliphatic rings. The Labute approximate surface area is 186 Å². The van der Waals surface area contributed by atoms with Crippen molar-refractivity contribution in [3.8, 4) is 11.5 Å². The predicted octanol–water partition coefficient (Wildman–Crippen LogP) is 6.04. The molecule has 0 unspecified atom stereocenters. The summed E-state index contributed by atoms with van der Waals surface area (Å²) in [5.74, 6) is 1.17. The van der Waals surface area contributed by atoms with Gasteiger partial charge in [-0.05, 0) is 70.6 Å². The molecule has 0 atom stereocenters. The molecule has 0 saturated carbocycles. The quantitative estimate of drug-likeness (QED) is 0.369. The molecule has 0 radical (unpaired) electrons. The summed E-state index contributed by atoms with van der Waals surface area (Å²) in [5, 5.41) is 2.85. The number of amides is 1. The molecule has 5 heteroatoms. The van der Waals surface area contributed by atoms with Crippen molar-refractivity contribution in [1.82, 2.24) is 0 Å². The van der Waals surface area contributed by atoms with E-state index in [1.807, 2.05) is 60.7 Å². The summed E-state index contributed by atoms with van der Waals surface area (Å²) in [6, 6.07) is 23.6. The highest BCUT2D eigenvalue weighted by Crippen LogP contribution is 2.26. The van der Waals surface area contributed by atoms with Crippen LogP contribution in [0.4, 0.5) is 5.69 Å². The summed E-state index contributed by atoms with van der Waals surface area (Å²) in [6.07, 6.45) is 2.85. The Morgan fingerprint density at radius 2 is 1.77 bits per heavy atom. The molecule has 0 spiro atoms. The molecule has 156 valence electrons. The van der Waals surface area contributed by atoms with Gasteiger partial charge in [0.25, 0.3) is 5.91 Å². The van der Waals surface area contributed by atoms with E-state index in [1.165, 1.54) is 11.1 Å². The Morgan fingerprint density at radius 3 is 2.53 bits per heavy atom. The number of nitrogens with one attached hydrogen (secondary N) is 1. The fourth-order valence-electron chi connectivity index (χ4n) is 3.00. The monoisotopic (exact) mass is 467 g/mol. The van der Waals surface area contributed by atoms with E-state index in [9.17, 15) is 4.79 Å². The number of rotatable bonds is 10. The summed E-state index contributed by atoms with van der Waals surface area (Å²) >= 11 is 3.49. The summed E-state index contributed by atoms with van der Waals surface area (Å²) in [5.41, 5.74) is 3.20. The van der Waals surface area contributed by atoms with Crippen molar-refractivity contribution in [2.45, 2.75) is 26.2 Å². The molecule has 0 saturated heterocycles. The van der Waals surface area contributed by atoms with Crippen molar-refractivity contribution < 1.29 is 14.3 Å². The highest BCUT2D eigenvalue weighted by atomic mass is 79.9. The zero-order valence-electron chi connectivity index (χ0n) is 17.1. The van der Waals surface area contributed by atoms with Gasteiger partial charge in [-0.2, -0.15) is 0 Å². The molecule has 1 N–H and O–H groups in total. The topological polar surface area (TPSA) is 47.6 Å². The minimum absolute atomic E-state index is 0.0633. The second-order valence-electron chi connectivity index (χ2n) is 6.92. The van der Waals surface area contributed by atoms with E-state index >= 15 is 0 Å². The Hall–Kier alpha value is -2.79. The molecule has 0 aromatic heterocycles. The first-order valence-electron chi connectivity index (χ1n) is 10.1. The van der Waals surface area contributed by atoms with Gasteiger partial charge in [-0.15, -0.1) is 0 Å². The van der Waals surface area contributed by atoms with Gasteiger partial charge in [-0.3, -0.25) is 4.79 Å². The molecule has 3 aromatic carbocycles. The molecule has 0 aliphatic heterocycles. The first-order valence-corrected chi connectivity index (χ1v) is 10.9. The predicted molar refractivity (Wildman–Crippen MR) is 124 cm³/mol. The second-order valence-corrected chi connectivity index (χ2v) is 7.77. The van der Waals surface area contributed by atoms with Crippen LogP contribution < -0.4 is 14.8 Å². The van der Waals surface area contributed by atoms with Gasteiger partial charge in [0.1, 0.15) is 11.5 Å². The zero-order chi connectivity index (χ0) is 21.2. The Kier molecular flexibility index (Phi) is 8.33. The molecule has 0 bridgehead atoms. The van der Waals surface area contributed by atoms with Crippen molar-refractivity contribution in [1.29, 1.82) is 0 Å². The van der Waals surface area contributed by atoms with E-state index in [2.05, 4.69) is 40.3 Å². The van der Waals surface area contributed by atoms with Crippen LogP contribution in [0.25, 0.3) is 0 Å². The van der Waals surface area contributed by atoms with Gasteiger partial charge >= 0.3 is 0 Å². The molecule has 0 fully saturated rings. The Balaban J connectivity index is 1.44. The maximum atomic E-state index is 12.3. The normalized spacial score (nSPS) is 10.5. The number of halogens is 1. The smallest absolute Gasteiger partial charge is 0.262 e. The minimum Gasteiger partial charge on any atom is -0.494 e. The number of aryl methyl sites for hydroxylation is 2. The average Bonchev–Trinajstić information content (AvgIpc) is 2.77. The molecule has 0 heterocycles. The number of anilines is 1. The lowest BCUT2D eigenvalue weighted by molar-refractivity contribution is -0.118. The zero-order valence-corrected chi connectivity index (χ0v) is 18.7. The van der Waals surface area contributed by atoms with E-state index in [0.717, 1.165) is 29.5 Å². The van der Waals surface area contributed by atoms with Gasteiger partial charge in [-0.25, -0.2) is 0 Å². The fourth-order valence-corrected chi connectivity index (χ4v) is 3.54. The summed E-state index contributed by atoms with van der Waals surface area (Å²) in [6.45, 7) is 2.65. The molecule has 4 nitrogen and oxygen atoms in total. The van der Waals surface area contributed by atoms with Gasteiger partial charge in [0.05, 0.1) is 11.1 Å². The van der Waals surface area contributed by atoms with Crippen LogP contribution in [0.2, 0.25) is 0 Å². The van der Waals surface area contributed by atoms with Crippen LogP contribution in [-0.2, 0) is 17.6 Å². The lowest BCUT2D eigenvalue weighted by Crippen LogP contribution is -2.20. The first kappa shape index (κ1) is 21.9. The van der Waals surface area contributed by atoms with E-state index < -0.39 is 0 Å². The molecule has 1 amide bonds. The van der Waals surface area contributed by atoms with E-state index in [1.54, 1.807) is 0 Å². The maximum Gasteiger partial charge on any atom is 0.262 e. The highest BCUT2D eigenvalue weighted by molar-refractivity contribution is 9.10. The summed E-state index contributed by atoms with van der Waals surface area (Å²) < 4.78 is 12.3. The van der Waals surface area contributed by atoms with Crippen LogP contribution in [0.1, 0.15) is 24.5 Å². The van der Waals surface area contributed by atoms with Crippen molar-refractivity contribution in [3.05, 3.63) is 88.4 Å². The third-order valence-electron chi connectivity index (χ3n) is 4.60. The molecule has 0 aliphatic carbocycles. The van der Waals surface area contributed by atoms with E-state index in [-0.39, 0.29) is 12.5 Å². The summed E-state index contributed by atoms with van der Waals surface area (Å²) in [7, 11) is 0. The second kappa shape index (κ2) is 11.4. The fraction of sp³-hybridized carbons (Fsp3) is 0.240. The van der Waals surface area contributed by atoms with Gasteiger partial charge in [-0.1, -0.05) is 49.4 Å². The van der Waals surface area contributed by atoms with Crippen molar-refractivity contribution in [2.24, 2.45) is 0 Å². The van der Waals surface area contributed by atoms with Gasteiger partial charge < -0.3 is 14.8 Å². The highest BCUT2D eigenvalue weighted by Gasteiger charge is 2.08. The van der Waals surface area contributed by atoms with Crippen LogP contribution in [0.3, 0.4) is 0 Å². The first-order chi connectivity index (χ1) is 14.6. The van der Waals surface area contributed by atoms with Crippen LogP contribution in [0.5, 0.6) is 11.5 Å². The van der Waals surface area contributed by atoms with Crippen LogP contribution in [-0.4, -0.2) is 19.1 Å².